The van der Waals surface area contributed by atoms with Crippen LogP contribution >= 0.6 is 0 Å². The van der Waals surface area contributed by atoms with Crippen LogP contribution in [-0.4, -0.2) is 20.5 Å². The third-order valence-corrected chi connectivity index (χ3v) is 5.46. The zero-order valence-electron chi connectivity index (χ0n) is 12.8. The van der Waals surface area contributed by atoms with Gasteiger partial charge < -0.3 is 10.5 Å². The summed E-state index contributed by atoms with van der Waals surface area (Å²) in [6.45, 7) is 0. The lowest BCUT2D eigenvalue weighted by atomic mass is 9.88. The van der Waals surface area contributed by atoms with Gasteiger partial charge in [-0.05, 0) is 48.6 Å². The average Bonchev–Trinajstić information content (AvgIpc) is 2.54. The lowest BCUT2D eigenvalue weighted by Crippen LogP contribution is -2.31. The molecule has 122 valence electrons. The molecule has 3 N–H and O–H groups in total. The summed E-state index contributed by atoms with van der Waals surface area (Å²) in [5.74, 6) is 0.377. The van der Waals surface area contributed by atoms with E-state index in [0.29, 0.717) is 11.6 Å². The Morgan fingerprint density at radius 2 is 2.13 bits per heavy atom. The van der Waals surface area contributed by atoms with Crippen LogP contribution in [0.25, 0.3) is 0 Å². The number of aromatic nitrogens is 1. The van der Waals surface area contributed by atoms with E-state index in [0.717, 1.165) is 30.4 Å². The Kier molecular flexibility index (Phi) is 4.23. The van der Waals surface area contributed by atoms with Crippen LogP contribution in [-0.2, 0) is 16.4 Å². The molecule has 1 aromatic carbocycles. The van der Waals surface area contributed by atoms with E-state index in [4.69, 9.17) is 10.5 Å². The number of hydrogen-bond donors (Lipinski definition) is 2. The predicted molar refractivity (Wildman–Crippen MR) is 87.6 cm³/mol. The normalized spacial score (nSPS) is 17.5. The Balaban J connectivity index is 1.86. The Morgan fingerprint density at radius 3 is 2.83 bits per heavy atom. The first-order valence-electron chi connectivity index (χ1n) is 7.40. The number of nitrogens with zero attached hydrogens (tertiary/aromatic N) is 1. The first-order valence-corrected chi connectivity index (χ1v) is 8.88. The third-order valence-electron chi connectivity index (χ3n) is 4.01. The second-order valence-corrected chi connectivity index (χ2v) is 7.27. The Labute approximate surface area is 135 Å². The molecule has 1 aromatic heterocycles. The summed E-state index contributed by atoms with van der Waals surface area (Å²) in [5.41, 5.74) is 8.62. The first kappa shape index (κ1) is 15.8. The molecule has 0 radical (unpaired) electrons. The Bertz CT molecular complexity index is 804. The zero-order valence-corrected chi connectivity index (χ0v) is 13.6. The number of rotatable bonds is 4. The minimum absolute atomic E-state index is 0.126. The summed E-state index contributed by atoms with van der Waals surface area (Å²) in [6, 6.07) is 8.41. The van der Waals surface area contributed by atoms with Crippen LogP contribution in [0.15, 0.2) is 41.4 Å². The largest absolute Gasteiger partial charge is 0.481 e. The summed E-state index contributed by atoms with van der Waals surface area (Å²) in [7, 11) is -2.15. The molecule has 0 aliphatic heterocycles. The van der Waals surface area contributed by atoms with E-state index in [1.54, 1.807) is 6.07 Å². The fraction of sp³-hybridized carbons (Fsp3) is 0.312. The minimum atomic E-state index is -3.64. The third kappa shape index (κ3) is 3.30. The summed E-state index contributed by atoms with van der Waals surface area (Å²) in [5, 5.41) is 0. The number of ether oxygens (including phenoxy) is 1. The molecule has 0 fully saturated rings. The van der Waals surface area contributed by atoms with Gasteiger partial charge in [0.1, 0.15) is 4.90 Å². The van der Waals surface area contributed by atoms with E-state index in [2.05, 4.69) is 9.71 Å². The van der Waals surface area contributed by atoms with Gasteiger partial charge in [-0.2, -0.15) is 0 Å². The van der Waals surface area contributed by atoms with E-state index in [9.17, 15) is 8.42 Å². The van der Waals surface area contributed by atoms with Crippen molar-refractivity contribution in [2.75, 3.05) is 12.8 Å². The van der Waals surface area contributed by atoms with Gasteiger partial charge in [0, 0.05) is 17.8 Å². The summed E-state index contributed by atoms with van der Waals surface area (Å²) >= 11 is 0. The molecule has 3 rings (SSSR count). The molecule has 1 heterocycles. The number of nitrogen functional groups attached to an aromatic ring is 1. The maximum Gasteiger partial charge on any atom is 0.242 e. The number of nitrogens with two attached hydrogens (primary N) is 1. The molecule has 23 heavy (non-hydrogen) atoms. The highest BCUT2D eigenvalue weighted by Gasteiger charge is 2.26. The van der Waals surface area contributed by atoms with Crippen molar-refractivity contribution in [1.82, 2.24) is 9.71 Å². The molecule has 0 bridgehead atoms. The predicted octanol–water partition coefficient (Wildman–Crippen LogP) is 2.03. The molecular weight excluding hydrogens is 314 g/mol. The van der Waals surface area contributed by atoms with E-state index in [1.807, 2.05) is 12.1 Å². The van der Waals surface area contributed by atoms with Gasteiger partial charge in [0.15, 0.2) is 0 Å². The van der Waals surface area contributed by atoms with Gasteiger partial charge in [-0.15, -0.1) is 0 Å². The molecule has 1 unspecified atom stereocenters. The fourth-order valence-electron chi connectivity index (χ4n) is 2.86. The number of benzene rings is 1. The van der Waals surface area contributed by atoms with Crippen LogP contribution in [0.2, 0.25) is 0 Å². The number of sulfonamides is 1. The van der Waals surface area contributed by atoms with Crippen LogP contribution in [0.5, 0.6) is 5.88 Å². The number of anilines is 1. The minimum Gasteiger partial charge on any atom is -0.481 e. The first-order chi connectivity index (χ1) is 11.0. The van der Waals surface area contributed by atoms with Gasteiger partial charge in [0.05, 0.1) is 13.3 Å². The van der Waals surface area contributed by atoms with Crippen LogP contribution in [0, 0.1) is 0 Å². The van der Waals surface area contributed by atoms with Crippen molar-refractivity contribution >= 4 is 15.7 Å². The second kappa shape index (κ2) is 6.17. The molecule has 0 spiro atoms. The Hall–Kier alpha value is -2.12. The van der Waals surface area contributed by atoms with E-state index in [1.165, 1.54) is 25.4 Å². The van der Waals surface area contributed by atoms with Gasteiger partial charge in [0.25, 0.3) is 0 Å². The van der Waals surface area contributed by atoms with Gasteiger partial charge >= 0.3 is 0 Å². The highest BCUT2D eigenvalue weighted by atomic mass is 32.2. The quantitative estimate of drug-likeness (QED) is 0.835. The van der Waals surface area contributed by atoms with Gasteiger partial charge in [-0.1, -0.05) is 6.07 Å². The number of nitrogens with one attached hydrogen (secondary N) is 1. The fourth-order valence-corrected chi connectivity index (χ4v) is 4.05. The van der Waals surface area contributed by atoms with Crippen molar-refractivity contribution in [3.05, 3.63) is 47.7 Å². The van der Waals surface area contributed by atoms with Crippen molar-refractivity contribution in [2.45, 2.75) is 30.2 Å². The number of methoxy groups -OCH3 is 1. The van der Waals surface area contributed by atoms with Crippen molar-refractivity contribution in [2.24, 2.45) is 0 Å². The monoisotopic (exact) mass is 333 g/mol. The molecule has 0 saturated heterocycles. The number of hydrogen-bond acceptors (Lipinski definition) is 5. The summed E-state index contributed by atoms with van der Waals surface area (Å²) < 4.78 is 32.8. The van der Waals surface area contributed by atoms with E-state index < -0.39 is 10.0 Å². The van der Waals surface area contributed by atoms with Crippen molar-refractivity contribution in [1.29, 1.82) is 0 Å². The molecule has 1 aliphatic carbocycles. The molecule has 7 heteroatoms. The summed E-state index contributed by atoms with van der Waals surface area (Å²) in [4.78, 5) is 4.08. The SMILES string of the molecule is COc1ccc(S(=O)(=O)NC2CCCc3cc(N)ccc32)cn1. The van der Waals surface area contributed by atoms with Crippen LogP contribution in [0.1, 0.15) is 30.0 Å². The van der Waals surface area contributed by atoms with E-state index in [-0.39, 0.29) is 10.9 Å². The van der Waals surface area contributed by atoms with E-state index >= 15 is 0 Å². The van der Waals surface area contributed by atoms with Crippen LogP contribution in [0.4, 0.5) is 5.69 Å². The number of fused-ring (bicyclic) bond motifs is 1. The standard InChI is InChI=1S/C16H19N3O3S/c1-22-16-8-6-13(10-18-16)23(20,21)19-15-4-2-3-11-9-12(17)5-7-14(11)15/h5-10,15,19H,2-4,17H2,1H3. The van der Waals surface area contributed by atoms with Gasteiger partial charge in [-0.25, -0.2) is 18.1 Å². The highest BCUT2D eigenvalue weighted by molar-refractivity contribution is 7.89. The van der Waals surface area contributed by atoms with Crippen molar-refractivity contribution in [3.63, 3.8) is 0 Å². The lowest BCUT2D eigenvalue weighted by molar-refractivity contribution is 0.397. The maximum absolute atomic E-state index is 12.6. The summed E-state index contributed by atoms with van der Waals surface area (Å²) in [6.07, 6.45) is 3.90. The molecule has 6 nitrogen and oxygen atoms in total. The second-order valence-electron chi connectivity index (χ2n) is 5.56. The molecule has 2 aromatic rings. The lowest BCUT2D eigenvalue weighted by Gasteiger charge is -2.26. The van der Waals surface area contributed by atoms with Gasteiger partial charge in [-0.3, -0.25) is 0 Å². The molecule has 0 amide bonds. The average molecular weight is 333 g/mol. The zero-order chi connectivity index (χ0) is 16.4. The smallest absolute Gasteiger partial charge is 0.242 e. The van der Waals surface area contributed by atoms with Crippen LogP contribution in [0.3, 0.4) is 0 Å². The van der Waals surface area contributed by atoms with Gasteiger partial charge in [0.2, 0.25) is 15.9 Å². The number of aryl methyl sites for hydroxylation is 1. The topological polar surface area (TPSA) is 94.3 Å². The Morgan fingerprint density at radius 1 is 1.30 bits per heavy atom. The highest BCUT2D eigenvalue weighted by Crippen LogP contribution is 2.32. The molecular formula is C16H19N3O3S. The van der Waals surface area contributed by atoms with Crippen LogP contribution < -0.4 is 15.2 Å². The maximum atomic E-state index is 12.6. The number of pyridine rings is 1. The molecule has 1 aliphatic rings. The van der Waals surface area contributed by atoms with Crippen molar-refractivity contribution < 1.29 is 13.2 Å². The van der Waals surface area contributed by atoms with Crippen molar-refractivity contribution in [3.8, 4) is 5.88 Å². The molecule has 1 atom stereocenters. The molecule has 0 saturated carbocycles.